The monoisotopic (exact) mass is 466 g/mol. The van der Waals surface area contributed by atoms with Crippen LogP contribution in [-0.2, 0) is 4.74 Å². The van der Waals surface area contributed by atoms with Gasteiger partial charge in [-0.1, -0.05) is 6.07 Å². The molecule has 0 saturated carbocycles. The van der Waals surface area contributed by atoms with Crippen molar-refractivity contribution in [3.05, 3.63) is 30.1 Å². The Labute approximate surface area is 166 Å². The van der Waals surface area contributed by atoms with Crippen molar-refractivity contribution in [2.45, 2.75) is 19.4 Å². The largest absolute Gasteiger partial charge is 0.489 e. The van der Waals surface area contributed by atoms with Crippen molar-refractivity contribution < 1.29 is 13.9 Å². The molecular formula is C17H28FIN4O2. The lowest BCUT2D eigenvalue weighted by Crippen LogP contribution is -2.39. The summed E-state index contributed by atoms with van der Waals surface area (Å²) in [7, 11) is 0. The molecule has 2 rings (SSSR count). The van der Waals surface area contributed by atoms with E-state index < -0.39 is 0 Å². The fourth-order valence-corrected chi connectivity index (χ4v) is 2.44. The number of nitrogens with two attached hydrogens (primary N) is 1. The molecular weight excluding hydrogens is 438 g/mol. The Hall–Kier alpha value is -1.13. The van der Waals surface area contributed by atoms with Crippen molar-refractivity contribution in [1.29, 1.82) is 0 Å². The zero-order valence-corrected chi connectivity index (χ0v) is 16.9. The molecule has 0 radical (unpaired) electrons. The highest BCUT2D eigenvalue weighted by Crippen LogP contribution is 2.13. The molecule has 6 nitrogen and oxygen atoms in total. The molecule has 0 aromatic heterocycles. The summed E-state index contributed by atoms with van der Waals surface area (Å²) in [5.74, 6) is 0.589. The SMILES string of the molecule is CC(CN=C(N)NCCCN1CCOCC1)Oc1cccc(F)c1.I. The number of benzene rings is 1. The van der Waals surface area contributed by atoms with Crippen LogP contribution >= 0.6 is 24.0 Å². The Morgan fingerprint density at radius 3 is 2.92 bits per heavy atom. The van der Waals surface area contributed by atoms with Crippen molar-refractivity contribution in [3.8, 4) is 5.75 Å². The predicted octanol–water partition coefficient (Wildman–Crippen LogP) is 1.84. The second kappa shape index (κ2) is 12.3. The van der Waals surface area contributed by atoms with Crippen molar-refractivity contribution >= 4 is 29.9 Å². The van der Waals surface area contributed by atoms with Gasteiger partial charge in [0.2, 0.25) is 0 Å². The summed E-state index contributed by atoms with van der Waals surface area (Å²) >= 11 is 0. The van der Waals surface area contributed by atoms with E-state index in [1.165, 1.54) is 12.1 Å². The highest BCUT2D eigenvalue weighted by Gasteiger charge is 2.09. The molecule has 1 saturated heterocycles. The molecule has 1 aromatic rings. The van der Waals surface area contributed by atoms with Crippen LogP contribution in [0.5, 0.6) is 5.75 Å². The third kappa shape index (κ3) is 9.22. The van der Waals surface area contributed by atoms with Crippen LogP contribution < -0.4 is 15.8 Å². The van der Waals surface area contributed by atoms with Gasteiger partial charge in [-0.2, -0.15) is 0 Å². The molecule has 8 heteroatoms. The summed E-state index contributed by atoms with van der Waals surface area (Å²) in [5, 5.41) is 3.10. The minimum atomic E-state index is -0.315. The van der Waals surface area contributed by atoms with Crippen molar-refractivity contribution in [1.82, 2.24) is 10.2 Å². The first-order valence-corrected chi connectivity index (χ1v) is 8.39. The number of nitrogens with one attached hydrogen (secondary N) is 1. The van der Waals surface area contributed by atoms with Crippen LogP contribution in [-0.4, -0.2) is 62.9 Å². The summed E-state index contributed by atoms with van der Waals surface area (Å²) in [6.07, 6.45) is 0.825. The topological polar surface area (TPSA) is 72.1 Å². The Morgan fingerprint density at radius 2 is 2.20 bits per heavy atom. The Kier molecular flexibility index (Phi) is 10.7. The third-order valence-corrected chi connectivity index (χ3v) is 3.71. The Morgan fingerprint density at radius 1 is 1.44 bits per heavy atom. The van der Waals surface area contributed by atoms with E-state index in [0.717, 1.165) is 45.8 Å². The number of aliphatic imine (C=N–C) groups is 1. The maximum atomic E-state index is 13.1. The molecule has 1 heterocycles. The standard InChI is InChI=1S/C17H27FN4O2.HI/c1-14(24-16-5-2-4-15(18)12-16)13-21-17(19)20-6-3-7-22-8-10-23-11-9-22;/h2,4-5,12,14H,3,6-11,13H2,1H3,(H3,19,20,21);1H. The summed E-state index contributed by atoms with van der Waals surface area (Å²) < 4.78 is 24.0. The molecule has 142 valence electrons. The van der Waals surface area contributed by atoms with Gasteiger partial charge in [0.05, 0.1) is 19.8 Å². The van der Waals surface area contributed by atoms with Crippen LogP contribution in [0.2, 0.25) is 0 Å². The quantitative estimate of drug-likeness (QED) is 0.265. The third-order valence-electron chi connectivity index (χ3n) is 3.71. The fraction of sp³-hybridized carbons (Fsp3) is 0.588. The molecule has 0 amide bonds. The molecule has 1 unspecified atom stereocenters. The first kappa shape index (κ1) is 21.9. The number of hydrogen-bond acceptors (Lipinski definition) is 4. The zero-order valence-electron chi connectivity index (χ0n) is 14.6. The second-order valence-electron chi connectivity index (χ2n) is 5.85. The fourth-order valence-electron chi connectivity index (χ4n) is 2.44. The zero-order chi connectivity index (χ0) is 17.2. The van der Waals surface area contributed by atoms with Crippen LogP contribution in [0, 0.1) is 5.82 Å². The van der Waals surface area contributed by atoms with Crippen LogP contribution in [0.3, 0.4) is 0 Å². The summed E-state index contributed by atoms with van der Waals surface area (Å²) in [6.45, 7) is 7.74. The number of halogens is 2. The van der Waals surface area contributed by atoms with Gasteiger partial charge >= 0.3 is 0 Å². The van der Waals surface area contributed by atoms with Gasteiger partial charge in [-0.15, -0.1) is 24.0 Å². The van der Waals surface area contributed by atoms with E-state index in [9.17, 15) is 4.39 Å². The molecule has 0 bridgehead atoms. The smallest absolute Gasteiger partial charge is 0.188 e. The minimum Gasteiger partial charge on any atom is -0.489 e. The van der Waals surface area contributed by atoms with E-state index in [2.05, 4.69) is 15.2 Å². The van der Waals surface area contributed by atoms with Gasteiger partial charge in [0.15, 0.2) is 5.96 Å². The number of hydrogen-bond donors (Lipinski definition) is 2. The number of guanidine groups is 1. The lowest BCUT2D eigenvalue weighted by atomic mass is 10.3. The first-order valence-electron chi connectivity index (χ1n) is 8.39. The summed E-state index contributed by atoms with van der Waals surface area (Å²) in [4.78, 5) is 6.64. The van der Waals surface area contributed by atoms with E-state index in [1.807, 2.05) is 6.92 Å². The van der Waals surface area contributed by atoms with Gasteiger partial charge in [-0.3, -0.25) is 4.90 Å². The van der Waals surface area contributed by atoms with Gasteiger partial charge in [-0.25, -0.2) is 9.38 Å². The van der Waals surface area contributed by atoms with Gasteiger partial charge < -0.3 is 20.5 Å². The van der Waals surface area contributed by atoms with Crippen molar-refractivity contribution in [3.63, 3.8) is 0 Å². The molecule has 0 aliphatic carbocycles. The highest BCUT2D eigenvalue weighted by atomic mass is 127. The number of rotatable bonds is 8. The van der Waals surface area contributed by atoms with Crippen LogP contribution in [0.4, 0.5) is 4.39 Å². The Bertz CT molecular complexity index is 527. The van der Waals surface area contributed by atoms with E-state index in [4.69, 9.17) is 15.2 Å². The molecule has 25 heavy (non-hydrogen) atoms. The number of morpholine rings is 1. The molecule has 3 N–H and O–H groups in total. The maximum absolute atomic E-state index is 13.1. The van der Waals surface area contributed by atoms with Crippen molar-refractivity contribution in [2.24, 2.45) is 10.7 Å². The van der Waals surface area contributed by atoms with Crippen molar-refractivity contribution in [2.75, 3.05) is 45.9 Å². The lowest BCUT2D eigenvalue weighted by molar-refractivity contribution is 0.0376. The Balaban J connectivity index is 0.00000312. The molecule has 1 aromatic carbocycles. The van der Waals surface area contributed by atoms with Gasteiger partial charge in [0.25, 0.3) is 0 Å². The maximum Gasteiger partial charge on any atom is 0.188 e. The predicted molar refractivity (Wildman–Crippen MR) is 108 cm³/mol. The summed E-state index contributed by atoms with van der Waals surface area (Å²) in [5.41, 5.74) is 5.85. The first-order chi connectivity index (χ1) is 11.6. The number of nitrogens with zero attached hydrogens (tertiary/aromatic N) is 2. The molecule has 1 fully saturated rings. The van der Waals surface area contributed by atoms with Crippen LogP contribution in [0.25, 0.3) is 0 Å². The average Bonchev–Trinajstić information content (AvgIpc) is 2.58. The van der Waals surface area contributed by atoms with Gasteiger partial charge in [0, 0.05) is 25.7 Å². The summed E-state index contributed by atoms with van der Waals surface area (Å²) in [6, 6.07) is 6.07. The highest BCUT2D eigenvalue weighted by molar-refractivity contribution is 14.0. The average molecular weight is 466 g/mol. The van der Waals surface area contributed by atoms with E-state index in [0.29, 0.717) is 18.3 Å². The lowest BCUT2D eigenvalue weighted by Gasteiger charge is -2.26. The molecule has 0 spiro atoms. The van der Waals surface area contributed by atoms with E-state index in [1.54, 1.807) is 12.1 Å². The van der Waals surface area contributed by atoms with E-state index in [-0.39, 0.29) is 35.9 Å². The van der Waals surface area contributed by atoms with E-state index >= 15 is 0 Å². The number of ether oxygens (including phenoxy) is 2. The molecule has 1 atom stereocenters. The molecule has 1 aliphatic heterocycles. The normalized spacial score (nSPS) is 16.8. The molecule has 1 aliphatic rings. The minimum absolute atomic E-state index is 0. The van der Waals surface area contributed by atoms with Gasteiger partial charge in [0.1, 0.15) is 17.7 Å². The van der Waals surface area contributed by atoms with Crippen LogP contribution in [0.15, 0.2) is 29.3 Å². The van der Waals surface area contributed by atoms with Gasteiger partial charge in [-0.05, 0) is 32.0 Å². The second-order valence-corrected chi connectivity index (χ2v) is 5.85. The van der Waals surface area contributed by atoms with Crippen LogP contribution in [0.1, 0.15) is 13.3 Å².